The Bertz CT molecular complexity index is 3170. The Balaban J connectivity index is 1.22. The second-order valence-corrected chi connectivity index (χ2v) is 22.9. The summed E-state index contributed by atoms with van der Waals surface area (Å²) in [7, 11) is 0. The van der Waals surface area contributed by atoms with Crippen LogP contribution in [-0.4, -0.2) is 0 Å². The van der Waals surface area contributed by atoms with Gasteiger partial charge in [-0.05, 0) is 126 Å². The summed E-state index contributed by atoms with van der Waals surface area (Å²) in [6, 6.07) is 59.6. The van der Waals surface area contributed by atoms with Crippen LogP contribution in [0.5, 0.6) is 0 Å². The molecule has 2 nitrogen and oxygen atoms in total. The molecule has 0 atom stereocenters. The van der Waals surface area contributed by atoms with E-state index in [2.05, 4.69) is 209 Å². The lowest BCUT2D eigenvalue weighted by Crippen LogP contribution is -2.17. The Morgan fingerprint density at radius 3 is 0.871 bits per heavy atom. The summed E-state index contributed by atoms with van der Waals surface area (Å²) in [6.07, 6.45) is 0. The summed E-state index contributed by atoms with van der Waals surface area (Å²) in [4.78, 5) is 5.14. The van der Waals surface area contributed by atoms with Gasteiger partial charge in [0.1, 0.15) is 20.0 Å². The lowest BCUT2D eigenvalue weighted by Gasteiger charge is -2.32. The Kier molecular flexibility index (Phi) is 8.49. The van der Waals surface area contributed by atoms with Gasteiger partial charge in [-0.15, -0.1) is 45.3 Å². The van der Waals surface area contributed by atoms with Crippen molar-refractivity contribution in [3.05, 3.63) is 169 Å². The van der Waals surface area contributed by atoms with Crippen LogP contribution in [0.2, 0.25) is 0 Å². The van der Waals surface area contributed by atoms with Crippen molar-refractivity contribution >= 4 is 149 Å². The number of hydrogen-bond acceptors (Lipinski definition) is 6. The number of fused-ring (bicyclic) bond motifs is 4. The number of benzene rings is 8. The fourth-order valence-corrected chi connectivity index (χ4v) is 14.0. The van der Waals surface area contributed by atoms with Crippen LogP contribution < -0.4 is 9.80 Å². The molecule has 4 heterocycles. The first-order valence-corrected chi connectivity index (χ1v) is 24.6. The van der Waals surface area contributed by atoms with Gasteiger partial charge in [-0.2, -0.15) is 0 Å². The van der Waals surface area contributed by atoms with Gasteiger partial charge in [0.25, 0.3) is 0 Å². The van der Waals surface area contributed by atoms with Gasteiger partial charge in [-0.3, -0.25) is 9.80 Å². The monoisotopic (exact) mass is 872 g/mol. The van der Waals surface area contributed by atoms with E-state index in [1.807, 2.05) is 45.3 Å². The minimum Gasteiger partial charge on any atom is -0.292 e. The number of nitrogens with zero attached hydrogens (tertiary/aromatic N) is 2. The highest BCUT2D eigenvalue weighted by atomic mass is 32.1. The molecule has 0 aliphatic rings. The average Bonchev–Trinajstić information content (AvgIpc) is 4.07. The number of anilines is 6. The Labute approximate surface area is 377 Å². The van der Waals surface area contributed by atoms with Gasteiger partial charge < -0.3 is 0 Å². The molecule has 8 aromatic carbocycles. The van der Waals surface area contributed by atoms with Crippen molar-refractivity contribution in [1.82, 2.24) is 0 Å². The predicted molar refractivity (Wildman–Crippen MR) is 278 cm³/mol. The first kappa shape index (κ1) is 38.0. The molecule has 12 aromatic rings. The highest BCUT2D eigenvalue weighted by Crippen LogP contribution is 2.55. The van der Waals surface area contributed by atoms with Crippen LogP contribution in [0.3, 0.4) is 0 Å². The molecule has 0 saturated carbocycles. The van der Waals surface area contributed by atoms with Gasteiger partial charge in [0, 0.05) is 29.6 Å². The summed E-state index contributed by atoms with van der Waals surface area (Å²) in [6.45, 7) is 14.3. The molecule has 0 unspecified atom stereocenters. The topological polar surface area (TPSA) is 6.48 Å². The van der Waals surface area contributed by atoms with Gasteiger partial charge in [0.15, 0.2) is 0 Å². The fraction of sp³-hybridized carbons (Fsp3) is 0.143. The van der Waals surface area contributed by atoms with E-state index in [1.54, 1.807) is 0 Å². The quantitative estimate of drug-likeness (QED) is 0.154. The van der Waals surface area contributed by atoms with E-state index >= 15 is 0 Å². The van der Waals surface area contributed by atoms with Crippen LogP contribution in [0.4, 0.5) is 31.4 Å². The molecule has 0 aliphatic carbocycles. The molecule has 0 spiro atoms. The Hall–Kier alpha value is -5.76. The molecule has 12 rings (SSSR count). The Morgan fingerprint density at radius 2 is 0.597 bits per heavy atom. The van der Waals surface area contributed by atoms with E-state index < -0.39 is 0 Å². The van der Waals surface area contributed by atoms with Crippen LogP contribution >= 0.6 is 45.3 Å². The molecular formula is C56H44N2S4. The molecule has 0 radical (unpaired) electrons. The molecule has 0 fully saturated rings. The van der Waals surface area contributed by atoms with Crippen LogP contribution in [0.25, 0.3) is 72.7 Å². The minimum atomic E-state index is -0.126. The van der Waals surface area contributed by atoms with Crippen LogP contribution in [0.1, 0.15) is 52.7 Å². The standard InChI is InChI=1S/C56H44N2S4/c1-55(2,3)41-31-43(57(49-27-33-15-7-11-19-45(33)59-49)50-28-34-16-8-12-20-46(34)60-50)39-26-24-38-42(56(4,5)6)32-44(40-25-23-37(41)53(39)54(38)40)58(51-29-35-17-9-13-21-47(35)61-51)52-30-36-18-10-14-22-48(36)62-52/h7-32H,1-6H3. The van der Waals surface area contributed by atoms with E-state index in [4.69, 9.17) is 0 Å². The van der Waals surface area contributed by atoms with E-state index in [0.717, 1.165) is 0 Å². The maximum absolute atomic E-state index is 2.57. The van der Waals surface area contributed by atoms with Gasteiger partial charge in [0.2, 0.25) is 0 Å². The Morgan fingerprint density at radius 1 is 0.323 bits per heavy atom. The van der Waals surface area contributed by atoms with Crippen molar-refractivity contribution in [2.75, 3.05) is 9.80 Å². The van der Waals surface area contributed by atoms with E-state index in [9.17, 15) is 0 Å². The smallest absolute Gasteiger partial charge is 0.102 e. The molecule has 0 amide bonds. The van der Waals surface area contributed by atoms with Crippen molar-refractivity contribution in [3.8, 4) is 0 Å². The highest BCUT2D eigenvalue weighted by molar-refractivity contribution is 7.25. The zero-order chi connectivity index (χ0) is 42.1. The maximum Gasteiger partial charge on any atom is 0.102 e. The second kappa shape index (κ2) is 13.9. The number of hydrogen-bond donors (Lipinski definition) is 0. The normalized spacial score (nSPS) is 12.7. The lowest BCUT2D eigenvalue weighted by molar-refractivity contribution is 0.595. The SMILES string of the molecule is CC(C)(C)c1cc(N(c2cc3ccccc3s2)c2cc3ccccc3s2)c2ccc3c(C(C)(C)C)cc(N(c4cc5ccccc5s4)c4cc5ccccc5s4)c4ccc1c2c43. The van der Waals surface area contributed by atoms with Crippen molar-refractivity contribution in [3.63, 3.8) is 0 Å². The van der Waals surface area contributed by atoms with E-state index in [1.165, 1.54) is 115 Å². The number of rotatable bonds is 6. The summed E-state index contributed by atoms with van der Waals surface area (Å²) >= 11 is 7.51. The highest BCUT2D eigenvalue weighted by Gasteiger charge is 2.31. The van der Waals surface area contributed by atoms with Crippen LogP contribution in [0, 0.1) is 0 Å². The lowest BCUT2D eigenvalue weighted by atomic mass is 9.77. The summed E-state index contributed by atoms with van der Waals surface area (Å²) in [5, 5.41) is 17.9. The number of thiophene rings is 4. The van der Waals surface area contributed by atoms with Crippen molar-refractivity contribution in [1.29, 1.82) is 0 Å². The zero-order valence-corrected chi connectivity index (χ0v) is 38.8. The van der Waals surface area contributed by atoms with E-state index in [0.29, 0.717) is 0 Å². The van der Waals surface area contributed by atoms with E-state index in [-0.39, 0.29) is 10.8 Å². The molecule has 302 valence electrons. The molecule has 0 aliphatic heterocycles. The first-order valence-electron chi connectivity index (χ1n) is 21.3. The average molecular weight is 873 g/mol. The third-order valence-corrected chi connectivity index (χ3v) is 16.9. The van der Waals surface area contributed by atoms with Crippen LogP contribution in [-0.2, 0) is 10.8 Å². The predicted octanol–water partition coefficient (Wildman–Crippen LogP) is 19.0. The summed E-state index contributed by atoms with van der Waals surface area (Å²) in [5.74, 6) is 0. The van der Waals surface area contributed by atoms with Crippen LogP contribution in [0.15, 0.2) is 158 Å². The molecule has 62 heavy (non-hydrogen) atoms. The fourth-order valence-electron chi connectivity index (χ4n) is 9.57. The van der Waals surface area contributed by atoms with Gasteiger partial charge >= 0.3 is 0 Å². The first-order chi connectivity index (χ1) is 30.0. The molecule has 4 aromatic heterocycles. The molecule has 0 N–H and O–H groups in total. The van der Waals surface area contributed by atoms with Gasteiger partial charge in [-0.25, -0.2) is 0 Å². The van der Waals surface area contributed by atoms with Gasteiger partial charge in [0.05, 0.1) is 11.4 Å². The third kappa shape index (κ3) is 5.99. The van der Waals surface area contributed by atoms with Crippen molar-refractivity contribution < 1.29 is 0 Å². The molecular weight excluding hydrogens is 829 g/mol. The van der Waals surface area contributed by atoms with Crippen molar-refractivity contribution in [2.24, 2.45) is 0 Å². The minimum absolute atomic E-state index is 0.126. The molecule has 6 heteroatoms. The summed E-state index contributed by atoms with van der Waals surface area (Å²) < 4.78 is 5.18. The molecule has 0 saturated heterocycles. The largest absolute Gasteiger partial charge is 0.292 e. The third-order valence-electron chi connectivity index (χ3n) is 12.5. The van der Waals surface area contributed by atoms with Gasteiger partial charge in [-0.1, -0.05) is 139 Å². The van der Waals surface area contributed by atoms with Crippen molar-refractivity contribution in [2.45, 2.75) is 52.4 Å². The summed E-state index contributed by atoms with van der Waals surface area (Å²) in [5.41, 5.74) is 4.91. The maximum atomic E-state index is 2.57. The zero-order valence-electron chi connectivity index (χ0n) is 35.5. The second-order valence-electron chi connectivity index (χ2n) is 18.6. The molecule has 0 bridgehead atoms.